The van der Waals surface area contributed by atoms with Crippen molar-refractivity contribution in [1.29, 1.82) is 0 Å². The number of nitrogens with one attached hydrogen (secondary N) is 2. The minimum atomic E-state index is -0.412. The monoisotopic (exact) mass is 323 g/mol. The minimum Gasteiger partial charge on any atom is -0.378 e. The highest BCUT2D eigenvalue weighted by Crippen LogP contribution is 2.33. The van der Waals surface area contributed by atoms with Gasteiger partial charge in [0.15, 0.2) is 0 Å². The molecule has 4 atom stereocenters. The zero-order valence-corrected chi connectivity index (χ0v) is 14.1. The van der Waals surface area contributed by atoms with Crippen molar-refractivity contribution in [2.24, 2.45) is 5.92 Å². The Morgan fingerprint density at radius 1 is 1.26 bits per heavy atom. The van der Waals surface area contributed by atoms with Crippen molar-refractivity contribution in [3.05, 3.63) is 0 Å². The lowest BCUT2D eigenvalue weighted by atomic mass is 9.85. The van der Waals surface area contributed by atoms with Gasteiger partial charge < -0.3 is 20.3 Å². The molecule has 3 aliphatic rings. The largest absolute Gasteiger partial charge is 0.378 e. The van der Waals surface area contributed by atoms with Crippen molar-refractivity contribution in [2.45, 2.75) is 63.6 Å². The van der Waals surface area contributed by atoms with Crippen LogP contribution in [0.3, 0.4) is 0 Å². The van der Waals surface area contributed by atoms with Gasteiger partial charge in [0, 0.05) is 19.1 Å². The first-order chi connectivity index (χ1) is 11.2. The van der Waals surface area contributed by atoms with Crippen LogP contribution in [0.5, 0.6) is 0 Å². The summed E-state index contributed by atoms with van der Waals surface area (Å²) in [5.41, 5.74) is 0. The molecule has 23 heavy (non-hydrogen) atoms. The number of nitrogens with zero attached hydrogens (tertiary/aromatic N) is 1. The summed E-state index contributed by atoms with van der Waals surface area (Å²) >= 11 is 0. The Balaban J connectivity index is 1.53. The van der Waals surface area contributed by atoms with Crippen LogP contribution in [0.15, 0.2) is 0 Å². The van der Waals surface area contributed by atoms with E-state index in [-0.39, 0.29) is 17.9 Å². The Morgan fingerprint density at radius 3 is 2.70 bits per heavy atom. The lowest BCUT2D eigenvalue weighted by Crippen LogP contribution is -2.54. The highest BCUT2D eigenvalue weighted by molar-refractivity contribution is 5.90. The van der Waals surface area contributed by atoms with Crippen molar-refractivity contribution in [3.63, 3.8) is 0 Å². The summed E-state index contributed by atoms with van der Waals surface area (Å²) in [6.45, 7) is 4.37. The van der Waals surface area contributed by atoms with Crippen molar-refractivity contribution in [3.8, 4) is 0 Å². The van der Waals surface area contributed by atoms with Gasteiger partial charge in [-0.15, -0.1) is 0 Å². The molecule has 0 aromatic carbocycles. The van der Waals surface area contributed by atoms with Gasteiger partial charge >= 0.3 is 0 Å². The van der Waals surface area contributed by atoms with Crippen LogP contribution < -0.4 is 10.6 Å². The molecule has 1 saturated carbocycles. The predicted octanol–water partition coefficient (Wildman–Crippen LogP) is 0.661. The van der Waals surface area contributed by atoms with Gasteiger partial charge in [-0.3, -0.25) is 9.59 Å². The molecule has 2 heterocycles. The predicted molar refractivity (Wildman–Crippen MR) is 86.9 cm³/mol. The molecule has 6 heteroatoms. The molecule has 0 aromatic rings. The number of amides is 2. The van der Waals surface area contributed by atoms with E-state index >= 15 is 0 Å². The fourth-order valence-electron chi connectivity index (χ4n) is 4.14. The average molecular weight is 323 g/mol. The van der Waals surface area contributed by atoms with Gasteiger partial charge in [-0.05, 0) is 31.6 Å². The molecule has 2 aliphatic heterocycles. The Kier molecular flexibility index (Phi) is 5.54. The number of morpholine rings is 1. The van der Waals surface area contributed by atoms with Gasteiger partial charge in [-0.1, -0.05) is 19.8 Å². The van der Waals surface area contributed by atoms with Gasteiger partial charge in [0.05, 0.1) is 19.3 Å². The summed E-state index contributed by atoms with van der Waals surface area (Å²) in [5, 5.41) is 6.47. The molecule has 2 N–H and O–H groups in total. The van der Waals surface area contributed by atoms with Gasteiger partial charge in [-0.2, -0.15) is 0 Å². The SMILES string of the molecule is CCC(NC(=O)C1CC2CCCCC2N1)C(=O)N1CCOCC1. The second-order valence-corrected chi connectivity index (χ2v) is 7.01. The summed E-state index contributed by atoms with van der Waals surface area (Å²) in [6.07, 6.45) is 6.49. The lowest BCUT2D eigenvalue weighted by Gasteiger charge is -2.30. The number of hydrogen-bond acceptors (Lipinski definition) is 4. The Bertz CT molecular complexity index is 423. The second kappa shape index (κ2) is 7.62. The fraction of sp³-hybridized carbons (Fsp3) is 0.882. The Hall–Kier alpha value is -1.14. The van der Waals surface area contributed by atoms with E-state index in [1.807, 2.05) is 6.92 Å². The highest BCUT2D eigenvalue weighted by Gasteiger charge is 2.39. The van der Waals surface area contributed by atoms with Crippen LogP contribution in [0.2, 0.25) is 0 Å². The van der Waals surface area contributed by atoms with E-state index in [9.17, 15) is 9.59 Å². The fourth-order valence-corrected chi connectivity index (χ4v) is 4.14. The van der Waals surface area contributed by atoms with Gasteiger partial charge in [0.1, 0.15) is 6.04 Å². The summed E-state index contributed by atoms with van der Waals surface area (Å²) in [7, 11) is 0. The molecule has 2 amide bonds. The quantitative estimate of drug-likeness (QED) is 0.797. The third-order valence-corrected chi connectivity index (χ3v) is 5.52. The van der Waals surface area contributed by atoms with Crippen molar-refractivity contribution in [2.75, 3.05) is 26.3 Å². The van der Waals surface area contributed by atoms with Crippen LogP contribution in [0.1, 0.15) is 45.4 Å². The third-order valence-electron chi connectivity index (χ3n) is 5.52. The Labute approximate surface area is 138 Å². The molecule has 0 aromatic heterocycles. The first kappa shape index (κ1) is 16.7. The first-order valence-corrected chi connectivity index (χ1v) is 9.12. The number of carbonyl (C=O) groups is 2. The maximum absolute atomic E-state index is 12.6. The van der Waals surface area contributed by atoms with E-state index < -0.39 is 6.04 Å². The zero-order chi connectivity index (χ0) is 16.2. The van der Waals surface area contributed by atoms with E-state index in [0.29, 0.717) is 44.7 Å². The number of hydrogen-bond donors (Lipinski definition) is 2. The molecule has 2 saturated heterocycles. The lowest BCUT2D eigenvalue weighted by molar-refractivity contribution is -0.140. The second-order valence-electron chi connectivity index (χ2n) is 7.01. The minimum absolute atomic E-state index is 0.00661. The van der Waals surface area contributed by atoms with E-state index in [4.69, 9.17) is 4.74 Å². The summed E-state index contributed by atoms with van der Waals surface area (Å²) in [5.74, 6) is 0.655. The van der Waals surface area contributed by atoms with Crippen LogP contribution in [0, 0.1) is 5.92 Å². The van der Waals surface area contributed by atoms with Gasteiger partial charge in [0.2, 0.25) is 11.8 Å². The normalized spacial score (nSPS) is 32.2. The maximum atomic E-state index is 12.6. The van der Waals surface area contributed by atoms with Crippen molar-refractivity contribution < 1.29 is 14.3 Å². The summed E-state index contributed by atoms with van der Waals surface area (Å²) in [6, 6.07) is -0.0470. The molecule has 0 radical (unpaired) electrons. The summed E-state index contributed by atoms with van der Waals surface area (Å²) < 4.78 is 5.29. The molecule has 6 nitrogen and oxygen atoms in total. The topological polar surface area (TPSA) is 70.7 Å². The smallest absolute Gasteiger partial charge is 0.245 e. The Morgan fingerprint density at radius 2 is 2.00 bits per heavy atom. The molecular weight excluding hydrogens is 294 g/mol. The summed E-state index contributed by atoms with van der Waals surface area (Å²) in [4.78, 5) is 26.9. The highest BCUT2D eigenvalue weighted by atomic mass is 16.5. The van der Waals surface area contributed by atoms with Crippen molar-refractivity contribution >= 4 is 11.8 Å². The number of ether oxygens (including phenoxy) is 1. The standard InChI is InChI=1S/C17H29N3O3/c1-2-13(17(22)20-7-9-23-10-8-20)19-16(21)15-11-12-5-3-4-6-14(12)18-15/h12-15,18H,2-11H2,1H3,(H,19,21). The first-order valence-electron chi connectivity index (χ1n) is 9.12. The van der Waals surface area contributed by atoms with Crippen LogP contribution in [0.4, 0.5) is 0 Å². The molecule has 130 valence electrons. The van der Waals surface area contributed by atoms with Gasteiger partial charge in [0.25, 0.3) is 0 Å². The van der Waals surface area contributed by atoms with Crippen molar-refractivity contribution in [1.82, 2.24) is 15.5 Å². The zero-order valence-electron chi connectivity index (χ0n) is 14.1. The number of fused-ring (bicyclic) bond motifs is 1. The molecule has 4 unspecified atom stereocenters. The van der Waals surface area contributed by atoms with E-state index in [0.717, 1.165) is 6.42 Å². The molecule has 1 aliphatic carbocycles. The maximum Gasteiger partial charge on any atom is 0.245 e. The number of rotatable bonds is 4. The van der Waals surface area contributed by atoms with Crippen LogP contribution in [0.25, 0.3) is 0 Å². The van der Waals surface area contributed by atoms with Crippen LogP contribution in [-0.4, -0.2) is 61.1 Å². The van der Waals surface area contributed by atoms with Crippen LogP contribution in [-0.2, 0) is 14.3 Å². The van der Waals surface area contributed by atoms with Crippen LogP contribution >= 0.6 is 0 Å². The number of carbonyl (C=O) groups excluding carboxylic acids is 2. The van der Waals surface area contributed by atoms with E-state index in [2.05, 4.69) is 10.6 Å². The molecule has 3 rings (SSSR count). The van der Waals surface area contributed by atoms with Gasteiger partial charge in [-0.25, -0.2) is 0 Å². The molecule has 0 spiro atoms. The molecular formula is C17H29N3O3. The molecule has 3 fully saturated rings. The van der Waals surface area contributed by atoms with E-state index in [1.54, 1.807) is 4.90 Å². The third kappa shape index (κ3) is 3.86. The average Bonchev–Trinajstić information content (AvgIpc) is 3.04. The van der Waals surface area contributed by atoms with E-state index in [1.165, 1.54) is 25.7 Å². The molecule has 0 bridgehead atoms.